The van der Waals surface area contributed by atoms with E-state index in [0.717, 1.165) is 4.90 Å². The average Bonchev–Trinajstić information content (AvgIpc) is 2.84. The van der Waals surface area contributed by atoms with Crippen molar-refractivity contribution in [3.63, 3.8) is 0 Å². The maximum Gasteiger partial charge on any atom is 0.342 e. The van der Waals surface area contributed by atoms with Crippen LogP contribution in [-0.4, -0.2) is 34.2 Å². The normalized spacial score (nSPS) is 16.5. The molecule has 0 radical (unpaired) electrons. The highest BCUT2D eigenvalue weighted by Gasteiger charge is 2.42. The number of nitrogens with zero attached hydrogens (tertiary/aromatic N) is 2. The van der Waals surface area contributed by atoms with E-state index < -0.39 is 28.6 Å². The maximum absolute atomic E-state index is 12.5. The average molecular weight is 344 g/mol. The van der Waals surface area contributed by atoms with E-state index in [1.54, 1.807) is 6.92 Å². The minimum Gasteiger partial charge on any atom is -0.462 e. The summed E-state index contributed by atoms with van der Waals surface area (Å²) in [5, 5.41) is 10.7. The Morgan fingerprint density at radius 3 is 2.56 bits per heavy atom. The molecule has 0 unspecified atom stereocenters. The number of benzene rings is 1. The largest absolute Gasteiger partial charge is 0.462 e. The van der Waals surface area contributed by atoms with Crippen molar-refractivity contribution in [1.82, 2.24) is 4.90 Å². The number of non-ortho nitro benzene ring substituents is 1. The molecule has 0 spiro atoms. The van der Waals surface area contributed by atoms with Gasteiger partial charge in [-0.3, -0.25) is 24.6 Å². The second kappa shape index (κ2) is 7.55. The zero-order chi connectivity index (χ0) is 18.6. The van der Waals surface area contributed by atoms with Crippen LogP contribution in [0.25, 0.3) is 0 Å². The molecule has 0 aliphatic carbocycles. The highest BCUT2D eigenvalue weighted by Crippen LogP contribution is 2.28. The number of ether oxygens (including phenoxy) is 1. The van der Waals surface area contributed by atoms with Crippen LogP contribution in [0.2, 0.25) is 0 Å². The van der Waals surface area contributed by atoms with E-state index in [1.807, 2.05) is 0 Å². The van der Waals surface area contributed by atoms with Gasteiger partial charge in [0.2, 0.25) is 11.8 Å². The molecule has 0 aromatic heterocycles. The van der Waals surface area contributed by atoms with Gasteiger partial charge in [0, 0.05) is 18.6 Å². The second-order valence-electron chi connectivity index (χ2n) is 5.31. The molecule has 0 bridgehead atoms. The number of nitro benzene ring substituents is 1. The molecule has 2 amide bonds. The van der Waals surface area contributed by atoms with Crippen molar-refractivity contribution in [2.75, 3.05) is 6.61 Å². The molecule has 25 heavy (non-hydrogen) atoms. The Kier molecular flexibility index (Phi) is 5.46. The molecular formula is C17H16N2O6. The van der Waals surface area contributed by atoms with Crippen LogP contribution in [0.3, 0.4) is 0 Å². The van der Waals surface area contributed by atoms with Gasteiger partial charge in [-0.25, -0.2) is 4.79 Å². The van der Waals surface area contributed by atoms with Gasteiger partial charge < -0.3 is 4.74 Å². The van der Waals surface area contributed by atoms with E-state index in [-0.39, 0.29) is 30.8 Å². The number of carbonyl (C=O) groups excluding carboxylic acids is 3. The topological polar surface area (TPSA) is 107 Å². The number of carbonyl (C=O) groups is 3. The second-order valence-corrected chi connectivity index (χ2v) is 5.31. The van der Waals surface area contributed by atoms with Gasteiger partial charge in [-0.05, 0) is 12.5 Å². The minimum atomic E-state index is -0.970. The predicted molar refractivity (Wildman–Crippen MR) is 86.0 cm³/mol. The quantitative estimate of drug-likeness (QED) is 0.194. The highest BCUT2D eigenvalue weighted by atomic mass is 16.6. The lowest BCUT2D eigenvalue weighted by molar-refractivity contribution is -0.384. The van der Waals surface area contributed by atoms with Crippen LogP contribution < -0.4 is 0 Å². The molecule has 8 heteroatoms. The number of hydrogen-bond donors (Lipinski definition) is 0. The van der Waals surface area contributed by atoms with Crippen LogP contribution in [0.15, 0.2) is 42.1 Å². The smallest absolute Gasteiger partial charge is 0.342 e. The summed E-state index contributed by atoms with van der Waals surface area (Å²) < 4.78 is 4.86. The van der Waals surface area contributed by atoms with E-state index in [1.165, 1.54) is 24.3 Å². The summed E-state index contributed by atoms with van der Waals surface area (Å²) in [5.41, 5.74) is 2.82. The lowest BCUT2D eigenvalue weighted by Crippen LogP contribution is -2.31. The van der Waals surface area contributed by atoms with Gasteiger partial charge in [0.15, 0.2) is 0 Å². The molecule has 1 aliphatic heterocycles. The fourth-order valence-electron chi connectivity index (χ4n) is 2.53. The van der Waals surface area contributed by atoms with Crippen molar-refractivity contribution < 1.29 is 24.0 Å². The van der Waals surface area contributed by atoms with Crippen LogP contribution in [0.1, 0.15) is 18.9 Å². The molecule has 1 fully saturated rings. The van der Waals surface area contributed by atoms with Crippen LogP contribution in [0.5, 0.6) is 0 Å². The van der Waals surface area contributed by atoms with Gasteiger partial charge in [0.1, 0.15) is 0 Å². The molecule has 2 rings (SSSR count). The van der Waals surface area contributed by atoms with Crippen molar-refractivity contribution in [3.8, 4) is 0 Å². The number of amides is 2. The highest BCUT2D eigenvalue weighted by molar-refractivity contribution is 6.09. The zero-order valence-corrected chi connectivity index (χ0v) is 13.6. The molecule has 1 heterocycles. The molecule has 1 atom stereocenters. The van der Waals surface area contributed by atoms with Crippen LogP contribution >= 0.6 is 0 Å². The summed E-state index contributed by atoms with van der Waals surface area (Å²) in [5.74, 6) is -2.67. The summed E-state index contributed by atoms with van der Waals surface area (Å²) >= 11 is 0. The van der Waals surface area contributed by atoms with Gasteiger partial charge >= 0.3 is 5.97 Å². The van der Waals surface area contributed by atoms with Gasteiger partial charge in [-0.1, -0.05) is 18.7 Å². The number of likely N-dealkylation sites (tertiary alicyclic amines) is 1. The number of esters is 1. The van der Waals surface area contributed by atoms with E-state index in [9.17, 15) is 24.5 Å². The SMILES string of the molecule is C=C=C(C(=O)OCC)[C@H]1CC(=O)N(Cc2ccc([N+](=O)[O-])cc2)C1=O. The first-order chi connectivity index (χ1) is 11.9. The van der Waals surface area contributed by atoms with Crippen molar-refractivity contribution in [3.05, 3.63) is 57.8 Å². The van der Waals surface area contributed by atoms with Gasteiger partial charge in [-0.2, -0.15) is 0 Å². The molecule has 0 saturated carbocycles. The van der Waals surface area contributed by atoms with Gasteiger partial charge in [0.05, 0.1) is 29.6 Å². The van der Waals surface area contributed by atoms with Gasteiger partial charge in [-0.15, -0.1) is 5.73 Å². The lowest BCUT2D eigenvalue weighted by atomic mass is 9.98. The van der Waals surface area contributed by atoms with Crippen LogP contribution in [0, 0.1) is 16.0 Å². The summed E-state index contributed by atoms with van der Waals surface area (Å²) in [4.78, 5) is 47.7. The molecule has 0 N–H and O–H groups in total. The summed E-state index contributed by atoms with van der Waals surface area (Å²) in [6, 6.07) is 5.54. The molecule has 1 saturated heterocycles. The van der Waals surface area contributed by atoms with E-state index in [4.69, 9.17) is 4.74 Å². The first-order valence-corrected chi connectivity index (χ1v) is 7.53. The fourth-order valence-corrected chi connectivity index (χ4v) is 2.53. The molecular weight excluding hydrogens is 328 g/mol. The van der Waals surface area contributed by atoms with Crippen molar-refractivity contribution in [1.29, 1.82) is 0 Å². The van der Waals surface area contributed by atoms with Crippen LogP contribution in [0.4, 0.5) is 5.69 Å². The van der Waals surface area contributed by atoms with Crippen molar-refractivity contribution in [2.24, 2.45) is 5.92 Å². The standard InChI is InChI=1S/C17H16N2O6/c1-3-13(17(22)25-4-2)14-9-15(20)18(16(14)21)10-11-5-7-12(8-6-11)19(23)24/h5-8,14H,1,4,9-10H2,2H3/t14-/m1/s1. The van der Waals surface area contributed by atoms with Crippen molar-refractivity contribution in [2.45, 2.75) is 19.9 Å². The third-order valence-electron chi connectivity index (χ3n) is 3.77. The van der Waals surface area contributed by atoms with Crippen LogP contribution in [-0.2, 0) is 25.7 Å². The van der Waals surface area contributed by atoms with E-state index in [2.05, 4.69) is 12.3 Å². The summed E-state index contributed by atoms with van der Waals surface area (Å²) in [6.45, 7) is 5.12. The Morgan fingerprint density at radius 1 is 1.40 bits per heavy atom. The third kappa shape index (κ3) is 3.81. The molecule has 1 aliphatic rings. The number of hydrogen-bond acceptors (Lipinski definition) is 6. The Labute approximate surface area is 143 Å². The van der Waals surface area contributed by atoms with E-state index >= 15 is 0 Å². The Morgan fingerprint density at radius 2 is 2.04 bits per heavy atom. The Bertz CT molecular complexity index is 777. The monoisotopic (exact) mass is 344 g/mol. The predicted octanol–water partition coefficient (Wildman–Crippen LogP) is 1.74. The first-order valence-electron chi connectivity index (χ1n) is 7.53. The zero-order valence-electron chi connectivity index (χ0n) is 13.6. The molecule has 1 aromatic rings. The van der Waals surface area contributed by atoms with Gasteiger partial charge in [0.25, 0.3) is 5.69 Å². The minimum absolute atomic E-state index is 0.0284. The number of nitro groups is 1. The first kappa shape index (κ1) is 18.1. The maximum atomic E-state index is 12.5. The number of rotatable bonds is 6. The summed E-state index contributed by atoms with van der Waals surface area (Å²) in [6.07, 6.45) is -0.164. The Balaban J connectivity index is 2.17. The molecule has 1 aromatic carbocycles. The third-order valence-corrected chi connectivity index (χ3v) is 3.77. The van der Waals surface area contributed by atoms with E-state index in [0.29, 0.717) is 5.56 Å². The Hall–Kier alpha value is -3.25. The molecule has 8 nitrogen and oxygen atoms in total. The molecule has 130 valence electrons. The van der Waals surface area contributed by atoms with Crippen molar-refractivity contribution >= 4 is 23.5 Å². The fraction of sp³-hybridized carbons (Fsp3) is 0.294. The lowest BCUT2D eigenvalue weighted by Gasteiger charge is -2.15. The number of imide groups is 1. The summed E-state index contributed by atoms with van der Waals surface area (Å²) in [7, 11) is 0.